The fraction of sp³-hybridized carbons (Fsp3) is 1.00. The molecule has 0 bridgehead atoms. The molecule has 0 aromatic rings. The molecule has 0 saturated heterocycles. The van der Waals surface area contributed by atoms with Crippen molar-refractivity contribution in [3.63, 3.8) is 0 Å². The van der Waals surface area contributed by atoms with Crippen LogP contribution in [0.4, 0.5) is 0 Å². The Hall–Kier alpha value is 0.745. The maximum absolute atomic E-state index is 5.20. The third-order valence-corrected chi connectivity index (χ3v) is 5.86. The van der Waals surface area contributed by atoms with Crippen LogP contribution in [-0.2, 0) is 37.6 Å². The number of hydrogen-bond donors (Lipinski definition) is 0. The van der Waals surface area contributed by atoms with Gasteiger partial charge < -0.3 is 0 Å². The van der Waals surface area contributed by atoms with Crippen LogP contribution in [0.2, 0.25) is 0 Å². The number of rotatable bonds is 0. The van der Waals surface area contributed by atoms with Crippen LogP contribution in [-0.4, -0.2) is 13.8 Å². The molecule has 0 fully saturated rings. The summed E-state index contributed by atoms with van der Waals surface area (Å²) in [5.74, 6) is 0. The van der Waals surface area contributed by atoms with Crippen LogP contribution >= 0.6 is 0 Å². The average molecular weight is 168 g/mol. The molecule has 1 radical (unpaired) electrons. The Bertz CT molecular complexity index is 259. The molecule has 0 aliphatic heterocycles. The molecule has 6 heteroatoms. The van der Waals surface area contributed by atoms with E-state index in [0.717, 1.165) is 0 Å². The summed E-state index contributed by atoms with van der Waals surface area (Å²) in [6, 6.07) is 0. The Kier molecular flexibility index (Phi) is 4.11. The Morgan fingerprint density at radius 2 is 2.00 bits per heavy atom. The van der Waals surface area contributed by atoms with E-state index in [1.165, 1.54) is 0 Å². The first-order valence-corrected chi connectivity index (χ1v) is 6.20. The van der Waals surface area contributed by atoms with Crippen molar-refractivity contribution < 1.29 is 0 Å². The Labute approximate surface area is 55.8 Å². The van der Waals surface area contributed by atoms with Crippen molar-refractivity contribution in [1.82, 2.24) is 0 Å². The fourth-order valence-electron chi connectivity index (χ4n) is 0.0735. The summed E-state index contributed by atoms with van der Waals surface area (Å²) in [4.78, 5) is 0. The van der Waals surface area contributed by atoms with Crippen LogP contribution in [0.5, 0.6) is 0 Å². The SMILES string of the molecule is [B]=S(=S)=S(=S)=NC. The van der Waals surface area contributed by atoms with Crippen LogP contribution in [0.25, 0.3) is 0 Å². The minimum absolute atomic E-state index is 0.500. The molecule has 1 nitrogen and oxygen atoms in total. The van der Waals surface area contributed by atoms with Gasteiger partial charge in [-0.3, -0.25) is 0 Å². The molecule has 0 heterocycles. The van der Waals surface area contributed by atoms with Crippen molar-refractivity contribution >= 4 is 44.3 Å². The van der Waals surface area contributed by atoms with E-state index in [2.05, 4.69) is 15.6 Å². The summed E-state index contributed by atoms with van der Waals surface area (Å²) in [5.41, 5.74) is 0. The van der Waals surface area contributed by atoms with Crippen LogP contribution in [0, 0.1) is 0 Å². The zero-order valence-electron chi connectivity index (χ0n) is 3.66. The van der Waals surface area contributed by atoms with Crippen molar-refractivity contribution in [3.8, 4) is 0 Å². The van der Waals surface area contributed by atoms with Crippen LogP contribution in [0.3, 0.4) is 0 Å². The molecule has 0 amide bonds. The normalized spacial score (nSPS) is 7.43. The van der Waals surface area contributed by atoms with Gasteiger partial charge >= 0.3 is 55.8 Å². The molecule has 0 spiro atoms. The second kappa shape index (κ2) is 3.71. The van der Waals surface area contributed by atoms with E-state index in [4.69, 9.17) is 17.9 Å². The Morgan fingerprint density at radius 1 is 1.57 bits per heavy atom. The first-order chi connectivity index (χ1) is 3.18. The summed E-state index contributed by atoms with van der Waals surface area (Å²) in [5, 5.41) is 0. The molecule has 0 rings (SSSR count). The second-order valence-corrected chi connectivity index (χ2v) is 7.30. The minimum atomic E-state index is -0.601. The van der Waals surface area contributed by atoms with Gasteiger partial charge in [0.05, 0.1) is 0 Å². The second-order valence-electron chi connectivity index (χ2n) is 0.660. The topological polar surface area (TPSA) is 12.4 Å². The molecule has 0 aromatic heterocycles. The predicted octanol–water partition coefficient (Wildman–Crippen LogP) is -0.0413. The van der Waals surface area contributed by atoms with Gasteiger partial charge in [0.15, 0.2) is 0 Å². The van der Waals surface area contributed by atoms with E-state index in [1.54, 1.807) is 7.05 Å². The van der Waals surface area contributed by atoms with Gasteiger partial charge in [-0.25, -0.2) is 0 Å². The van der Waals surface area contributed by atoms with E-state index in [9.17, 15) is 0 Å². The predicted molar refractivity (Wildman–Crippen MR) is 43.6 cm³/mol. The zero-order chi connectivity index (χ0) is 5.86. The molecule has 0 saturated carbocycles. The summed E-state index contributed by atoms with van der Waals surface area (Å²) >= 11 is 9.33. The Balaban J connectivity index is 5.68. The van der Waals surface area contributed by atoms with Crippen molar-refractivity contribution in [1.29, 1.82) is 0 Å². The van der Waals surface area contributed by atoms with Gasteiger partial charge in [-0.05, 0) is 0 Å². The summed E-state index contributed by atoms with van der Waals surface area (Å²) in [6.45, 7) is 5.20. The molecule has 0 unspecified atom stereocenters. The fourth-order valence-corrected chi connectivity index (χ4v) is 1.21. The van der Waals surface area contributed by atoms with Gasteiger partial charge in [-0.15, -0.1) is 0 Å². The van der Waals surface area contributed by atoms with E-state index in [1.807, 2.05) is 0 Å². The number of hydrogen-bond acceptors (Lipinski definition) is 3. The molecule has 39 valence electrons. The molecular formula is CH3BNS4. The van der Waals surface area contributed by atoms with Crippen LogP contribution in [0.15, 0.2) is 4.36 Å². The monoisotopic (exact) mass is 168 g/mol. The van der Waals surface area contributed by atoms with Crippen molar-refractivity contribution in [2.24, 2.45) is 4.36 Å². The summed E-state index contributed by atoms with van der Waals surface area (Å²) < 4.78 is 3.71. The third-order valence-electron chi connectivity index (χ3n) is 0.290. The van der Waals surface area contributed by atoms with Crippen molar-refractivity contribution in [2.45, 2.75) is 0 Å². The van der Waals surface area contributed by atoms with E-state index < -0.39 is 15.3 Å². The first kappa shape index (κ1) is 7.74. The average Bonchev–Trinajstić information content (AvgIpc) is 1.65. The molecular weight excluding hydrogens is 165 g/mol. The molecule has 0 aliphatic rings. The number of nitrogens with zero attached hydrogens (tertiary/aromatic N) is 1. The van der Waals surface area contributed by atoms with E-state index >= 15 is 0 Å². The van der Waals surface area contributed by atoms with Gasteiger partial charge in [0.1, 0.15) is 0 Å². The Morgan fingerprint density at radius 3 is 2.00 bits per heavy atom. The maximum atomic E-state index is 5.20. The molecule has 7 heavy (non-hydrogen) atoms. The molecule has 0 atom stereocenters. The van der Waals surface area contributed by atoms with E-state index in [0.29, 0.717) is 0 Å². The van der Waals surface area contributed by atoms with Crippen molar-refractivity contribution in [3.05, 3.63) is 0 Å². The van der Waals surface area contributed by atoms with Crippen LogP contribution < -0.4 is 0 Å². The zero-order valence-corrected chi connectivity index (χ0v) is 6.92. The van der Waals surface area contributed by atoms with Crippen molar-refractivity contribution in [2.75, 3.05) is 7.05 Å². The standard InChI is InChI=1S/CH3BNS4/c1-3-7(5)6(2)4/h1H3. The van der Waals surface area contributed by atoms with Crippen LogP contribution in [0.1, 0.15) is 0 Å². The first-order valence-electron chi connectivity index (χ1n) is 1.37. The third kappa shape index (κ3) is 3.34. The van der Waals surface area contributed by atoms with Gasteiger partial charge in [0.25, 0.3) is 0 Å². The van der Waals surface area contributed by atoms with Gasteiger partial charge in [-0.2, -0.15) is 0 Å². The summed E-state index contributed by atoms with van der Waals surface area (Å²) in [7, 11) is 0.533. The molecule has 0 aliphatic carbocycles. The molecule has 0 aromatic carbocycles. The summed E-state index contributed by atoms with van der Waals surface area (Å²) in [6.07, 6.45) is 0. The quantitative estimate of drug-likeness (QED) is 0.470. The van der Waals surface area contributed by atoms with Gasteiger partial charge in [0, 0.05) is 0 Å². The van der Waals surface area contributed by atoms with Gasteiger partial charge in [-0.1, -0.05) is 0 Å². The van der Waals surface area contributed by atoms with Gasteiger partial charge in [0.2, 0.25) is 0 Å². The molecule has 0 N–H and O–H groups in total. The van der Waals surface area contributed by atoms with E-state index in [-0.39, 0.29) is 0 Å².